The maximum Gasteiger partial charge on any atom is 0.325 e. The van der Waals surface area contributed by atoms with E-state index >= 15 is 0 Å². The fourth-order valence-corrected chi connectivity index (χ4v) is 2.53. The summed E-state index contributed by atoms with van der Waals surface area (Å²) >= 11 is 3.44. The van der Waals surface area contributed by atoms with Gasteiger partial charge in [0, 0.05) is 17.1 Å². The molecule has 2 aromatic rings. The predicted molar refractivity (Wildman–Crippen MR) is 97.1 cm³/mol. The first-order valence-electron chi connectivity index (χ1n) is 7.42. The van der Waals surface area contributed by atoms with Gasteiger partial charge in [0.2, 0.25) is 5.91 Å². The molecule has 1 amide bonds. The summed E-state index contributed by atoms with van der Waals surface area (Å²) in [6.45, 7) is 0.250. The van der Waals surface area contributed by atoms with Crippen molar-refractivity contribution in [2.24, 2.45) is 0 Å². The van der Waals surface area contributed by atoms with Crippen LogP contribution in [0.1, 0.15) is 11.1 Å². The lowest BCUT2D eigenvalue weighted by Crippen LogP contribution is -2.34. The number of carbonyl (C=O) groups excluding carboxylic acids is 2. The topological polar surface area (TPSA) is 46.6 Å². The van der Waals surface area contributed by atoms with Gasteiger partial charge in [-0.25, -0.2) is 0 Å². The fourth-order valence-electron chi connectivity index (χ4n) is 2.11. The number of methoxy groups -OCH3 is 1. The number of carbonyl (C=O) groups is 2. The predicted octanol–water partition coefficient (Wildman–Crippen LogP) is 3.66. The van der Waals surface area contributed by atoms with Crippen LogP contribution in [0.15, 0.2) is 65.1 Å². The number of ether oxygens (including phenoxy) is 1. The van der Waals surface area contributed by atoms with Gasteiger partial charge in [-0.05, 0) is 23.3 Å². The van der Waals surface area contributed by atoms with Crippen LogP contribution in [0.2, 0.25) is 0 Å². The van der Waals surface area contributed by atoms with Crippen molar-refractivity contribution in [2.75, 3.05) is 13.7 Å². The molecule has 0 N–H and O–H groups in total. The molecule has 24 heavy (non-hydrogen) atoms. The van der Waals surface area contributed by atoms with Gasteiger partial charge in [0.05, 0.1) is 7.11 Å². The molecule has 0 aliphatic heterocycles. The molecule has 124 valence electrons. The Morgan fingerprint density at radius 2 is 1.75 bits per heavy atom. The van der Waals surface area contributed by atoms with Crippen LogP contribution < -0.4 is 0 Å². The van der Waals surface area contributed by atoms with Crippen LogP contribution in [0.3, 0.4) is 0 Å². The monoisotopic (exact) mass is 387 g/mol. The Kier molecular flexibility index (Phi) is 6.75. The zero-order chi connectivity index (χ0) is 17.4. The Morgan fingerprint density at radius 1 is 1.08 bits per heavy atom. The second-order valence-electron chi connectivity index (χ2n) is 5.11. The number of nitrogens with zero attached hydrogens (tertiary/aromatic N) is 1. The number of amides is 1. The highest BCUT2D eigenvalue weighted by Crippen LogP contribution is 2.17. The van der Waals surface area contributed by atoms with Crippen molar-refractivity contribution in [3.63, 3.8) is 0 Å². The summed E-state index contributed by atoms with van der Waals surface area (Å²) < 4.78 is 5.59. The third kappa shape index (κ3) is 5.35. The standard InChI is InChI=1S/C19H18BrNO3/c1-24-19(23)14-21(13-15-7-3-2-4-8-15)18(22)12-11-16-9-5-6-10-17(16)20/h2-12H,13-14H2,1H3/b12-11+. The van der Waals surface area contributed by atoms with E-state index in [0.29, 0.717) is 6.54 Å². The van der Waals surface area contributed by atoms with E-state index in [2.05, 4.69) is 20.7 Å². The van der Waals surface area contributed by atoms with Crippen molar-refractivity contribution in [3.05, 3.63) is 76.3 Å². The van der Waals surface area contributed by atoms with Gasteiger partial charge >= 0.3 is 5.97 Å². The highest BCUT2D eigenvalue weighted by molar-refractivity contribution is 9.10. The molecule has 0 radical (unpaired) electrons. The van der Waals surface area contributed by atoms with Gasteiger partial charge in [0.15, 0.2) is 0 Å². The Labute approximate surface area is 149 Å². The molecular weight excluding hydrogens is 370 g/mol. The first-order valence-corrected chi connectivity index (χ1v) is 8.21. The molecule has 0 bridgehead atoms. The van der Waals surface area contributed by atoms with Gasteiger partial charge in [0.25, 0.3) is 0 Å². The van der Waals surface area contributed by atoms with E-state index in [1.165, 1.54) is 18.1 Å². The Bertz CT molecular complexity index is 728. The van der Waals surface area contributed by atoms with E-state index in [1.54, 1.807) is 6.08 Å². The van der Waals surface area contributed by atoms with E-state index in [1.807, 2.05) is 54.6 Å². The van der Waals surface area contributed by atoms with Crippen LogP contribution in [0.25, 0.3) is 6.08 Å². The van der Waals surface area contributed by atoms with Crippen LogP contribution >= 0.6 is 15.9 Å². The minimum absolute atomic E-state index is 0.0927. The molecular formula is C19H18BrNO3. The van der Waals surface area contributed by atoms with E-state index in [0.717, 1.165) is 15.6 Å². The molecule has 0 aromatic heterocycles. The van der Waals surface area contributed by atoms with Crippen molar-refractivity contribution >= 4 is 33.9 Å². The number of hydrogen-bond donors (Lipinski definition) is 0. The molecule has 5 heteroatoms. The summed E-state index contributed by atoms with van der Waals surface area (Å²) in [5.41, 5.74) is 1.84. The SMILES string of the molecule is COC(=O)CN(Cc1ccccc1)C(=O)/C=C/c1ccccc1Br. The molecule has 0 heterocycles. The maximum absolute atomic E-state index is 12.5. The van der Waals surface area contributed by atoms with Crippen LogP contribution in [-0.4, -0.2) is 30.4 Å². The summed E-state index contributed by atoms with van der Waals surface area (Å²) in [5.74, 6) is -0.700. The van der Waals surface area contributed by atoms with Crippen molar-refractivity contribution in [1.29, 1.82) is 0 Å². The molecule has 0 saturated heterocycles. The zero-order valence-electron chi connectivity index (χ0n) is 13.3. The average molecular weight is 388 g/mol. The Morgan fingerprint density at radius 3 is 2.42 bits per heavy atom. The summed E-state index contributed by atoms with van der Waals surface area (Å²) in [4.78, 5) is 25.6. The highest BCUT2D eigenvalue weighted by Gasteiger charge is 2.16. The molecule has 0 fully saturated rings. The Hall–Kier alpha value is -2.40. The molecule has 2 aromatic carbocycles. The van der Waals surface area contributed by atoms with Crippen LogP contribution in [0, 0.1) is 0 Å². The number of esters is 1. The largest absolute Gasteiger partial charge is 0.468 e. The van der Waals surface area contributed by atoms with Gasteiger partial charge in [0.1, 0.15) is 6.54 Å². The normalized spacial score (nSPS) is 10.6. The van der Waals surface area contributed by atoms with E-state index < -0.39 is 5.97 Å². The molecule has 0 unspecified atom stereocenters. The van der Waals surface area contributed by atoms with Crippen LogP contribution in [0.4, 0.5) is 0 Å². The lowest BCUT2D eigenvalue weighted by molar-refractivity contribution is -0.145. The lowest BCUT2D eigenvalue weighted by Gasteiger charge is -2.20. The quantitative estimate of drug-likeness (QED) is 0.561. The van der Waals surface area contributed by atoms with Gasteiger partial charge in [-0.15, -0.1) is 0 Å². The molecule has 0 aliphatic rings. The third-order valence-corrected chi connectivity index (χ3v) is 4.11. The first kappa shape index (κ1) is 17.9. The number of rotatable bonds is 6. The number of benzene rings is 2. The minimum Gasteiger partial charge on any atom is -0.468 e. The number of hydrogen-bond acceptors (Lipinski definition) is 3. The first-order chi connectivity index (χ1) is 11.6. The van der Waals surface area contributed by atoms with Crippen molar-refractivity contribution in [2.45, 2.75) is 6.54 Å². The van der Waals surface area contributed by atoms with E-state index in [9.17, 15) is 9.59 Å². The van der Waals surface area contributed by atoms with Gasteiger partial charge in [-0.3, -0.25) is 9.59 Å². The van der Waals surface area contributed by atoms with E-state index in [-0.39, 0.29) is 12.5 Å². The van der Waals surface area contributed by atoms with Crippen molar-refractivity contribution in [3.8, 4) is 0 Å². The minimum atomic E-state index is -0.450. The van der Waals surface area contributed by atoms with Crippen molar-refractivity contribution in [1.82, 2.24) is 4.90 Å². The van der Waals surface area contributed by atoms with E-state index in [4.69, 9.17) is 0 Å². The molecule has 0 saturated carbocycles. The second kappa shape index (κ2) is 9.03. The summed E-state index contributed by atoms with van der Waals surface area (Å²) in [5, 5.41) is 0. The van der Waals surface area contributed by atoms with Gasteiger partial charge in [-0.1, -0.05) is 64.5 Å². The smallest absolute Gasteiger partial charge is 0.325 e. The van der Waals surface area contributed by atoms with Crippen molar-refractivity contribution < 1.29 is 14.3 Å². The van der Waals surface area contributed by atoms with Gasteiger partial charge in [-0.2, -0.15) is 0 Å². The van der Waals surface area contributed by atoms with Gasteiger partial charge < -0.3 is 9.64 Å². The Balaban J connectivity index is 2.14. The lowest BCUT2D eigenvalue weighted by atomic mass is 10.2. The highest BCUT2D eigenvalue weighted by atomic mass is 79.9. The summed E-state index contributed by atoms with van der Waals surface area (Å²) in [6, 6.07) is 17.1. The molecule has 2 rings (SSSR count). The van der Waals surface area contributed by atoms with Crippen LogP contribution in [-0.2, 0) is 20.9 Å². The third-order valence-electron chi connectivity index (χ3n) is 3.39. The van der Waals surface area contributed by atoms with Crippen LogP contribution in [0.5, 0.6) is 0 Å². The molecule has 4 nitrogen and oxygen atoms in total. The number of halogens is 1. The molecule has 0 spiro atoms. The summed E-state index contributed by atoms with van der Waals surface area (Å²) in [6.07, 6.45) is 3.19. The fraction of sp³-hybridized carbons (Fsp3) is 0.158. The average Bonchev–Trinajstić information content (AvgIpc) is 2.61. The molecule has 0 aliphatic carbocycles. The zero-order valence-corrected chi connectivity index (χ0v) is 14.9. The second-order valence-corrected chi connectivity index (χ2v) is 5.97. The maximum atomic E-state index is 12.5. The summed E-state index contributed by atoms with van der Waals surface area (Å²) in [7, 11) is 1.31. The molecule has 0 atom stereocenters.